The standard InChI is InChI=1S/C8H16O4S/c1-4-5-8(2,3)12-7(9)6-13(10)11/h4-6H2,1-3H3,(H,10,11). The van der Waals surface area contributed by atoms with Crippen molar-refractivity contribution in [3.63, 3.8) is 0 Å². The van der Waals surface area contributed by atoms with E-state index >= 15 is 0 Å². The first-order chi connectivity index (χ1) is 5.87. The van der Waals surface area contributed by atoms with Gasteiger partial charge < -0.3 is 9.29 Å². The molecule has 0 aliphatic carbocycles. The van der Waals surface area contributed by atoms with Crippen LogP contribution in [-0.4, -0.2) is 26.1 Å². The lowest BCUT2D eigenvalue weighted by molar-refractivity contribution is -0.153. The van der Waals surface area contributed by atoms with Crippen molar-refractivity contribution in [2.75, 3.05) is 5.75 Å². The molecule has 0 rings (SSSR count). The number of esters is 1. The van der Waals surface area contributed by atoms with E-state index in [-0.39, 0.29) is 0 Å². The third-order valence-electron chi connectivity index (χ3n) is 1.48. The third kappa shape index (κ3) is 6.72. The van der Waals surface area contributed by atoms with Crippen LogP contribution in [0.15, 0.2) is 0 Å². The van der Waals surface area contributed by atoms with Gasteiger partial charge in [0, 0.05) is 0 Å². The van der Waals surface area contributed by atoms with Crippen LogP contribution in [-0.2, 0) is 20.6 Å². The fraction of sp³-hybridized carbons (Fsp3) is 0.875. The van der Waals surface area contributed by atoms with E-state index in [1.165, 1.54) is 0 Å². The minimum atomic E-state index is -2.11. The monoisotopic (exact) mass is 208 g/mol. The smallest absolute Gasteiger partial charge is 0.321 e. The Hall–Kier alpha value is -0.420. The van der Waals surface area contributed by atoms with Crippen LogP contribution in [0, 0.1) is 0 Å². The second kappa shape index (κ2) is 5.34. The van der Waals surface area contributed by atoms with E-state index in [0.717, 1.165) is 12.8 Å². The number of carbonyl (C=O) groups excluding carboxylic acids is 1. The molecule has 1 atom stereocenters. The predicted octanol–water partition coefficient (Wildman–Crippen LogP) is 1.33. The van der Waals surface area contributed by atoms with Crippen molar-refractivity contribution in [1.29, 1.82) is 0 Å². The molecule has 1 N–H and O–H groups in total. The van der Waals surface area contributed by atoms with Crippen molar-refractivity contribution in [2.24, 2.45) is 0 Å². The van der Waals surface area contributed by atoms with Gasteiger partial charge in [-0.2, -0.15) is 0 Å². The van der Waals surface area contributed by atoms with Gasteiger partial charge in [0.2, 0.25) is 0 Å². The first-order valence-corrected chi connectivity index (χ1v) is 5.44. The molecule has 5 heteroatoms. The van der Waals surface area contributed by atoms with Gasteiger partial charge in [-0.25, -0.2) is 4.21 Å². The molecule has 13 heavy (non-hydrogen) atoms. The molecular weight excluding hydrogens is 192 g/mol. The molecule has 0 fully saturated rings. The molecular formula is C8H16O4S. The zero-order chi connectivity index (χ0) is 10.5. The van der Waals surface area contributed by atoms with Crippen LogP contribution >= 0.6 is 0 Å². The lowest BCUT2D eigenvalue weighted by atomic mass is 10.0. The molecule has 0 aromatic carbocycles. The van der Waals surface area contributed by atoms with E-state index in [1.54, 1.807) is 13.8 Å². The van der Waals surface area contributed by atoms with Gasteiger partial charge in [0.1, 0.15) is 11.4 Å². The van der Waals surface area contributed by atoms with E-state index in [2.05, 4.69) is 0 Å². The van der Waals surface area contributed by atoms with Gasteiger partial charge in [-0.3, -0.25) is 4.79 Å². The van der Waals surface area contributed by atoms with Crippen LogP contribution in [0.2, 0.25) is 0 Å². The summed E-state index contributed by atoms with van der Waals surface area (Å²) in [5.74, 6) is -1.08. The van der Waals surface area contributed by atoms with Crippen LogP contribution in [0.25, 0.3) is 0 Å². The summed E-state index contributed by atoms with van der Waals surface area (Å²) in [5, 5.41) is 0. The lowest BCUT2D eigenvalue weighted by Gasteiger charge is -2.24. The van der Waals surface area contributed by atoms with Gasteiger partial charge in [0.25, 0.3) is 0 Å². The van der Waals surface area contributed by atoms with Gasteiger partial charge in [0.15, 0.2) is 11.1 Å². The maximum atomic E-state index is 11.0. The van der Waals surface area contributed by atoms with Gasteiger partial charge >= 0.3 is 5.97 Å². The first-order valence-electron chi connectivity index (χ1n) is 4.16. The minimum absolute atomic E-state index is 0.451. The molecule has 0 aliphatic rings. The fourth-order valence-corrected chi connectivity index (χ4v) is 1.35. The normalized spacial score (nSPS) is 13.8. The molecule has 0 radical (unpaired) electrons. The molecule has 0 amide bonds. The Morgan fingerprint density at radius 1 is 1.54 bits per heavy atom. The fourth-order valence-electron chi connectivity index (χ4n) is 1.09. The maximum Gasteiger partial charge on any atom is 0.321 e. The average molecular weight is 208 g/mol. The molecule has 1 unspecified atom stereocenters. The SMILES string of the molecule is CCCC(C)(C)OC(=O)CS(=O)O. The average Bonchev–Trinajstić information content (AvgIpc) is 1.81. The Balaban J connectivity index is 3.96. The number of rotatable bonds is 5. The summed E-state index contributed by atoms with van der Waals surface area (Å²) >= 11 is -2.11. The zero-order valence-electron chi connectivity index (χ0n) is 8.20. The highest BCUT2D eigenvalue weighted by Crippen LogP contribution is 2.16. The lowest BCUT2D eigenvalue weighted by Crippen LogP contribution is -2.30. The summed E-state index contributed by atoms with van der Waals surface area (Å²) in [4.78, 5) is 11.0. The summed E-state index contributed by atoms with van der Waals surface area (Å²) in [5.41, 5.74) is -0.537. The van der Waals surface area contributed by atoms with Crippen molar-refractivity contribution < 1.29 is 18.3 Å². The third-order valence-corrected chi connectivity index (χ3v) is 1.97. The van der Waals surface area contributed by atoms with Gasteiger partial charge in [-0.05, 0) is 20.3 Å². The topological polar surface area (TPSA) is 63.6 Å². The molecule has 0 aliphatic heterocycles. The van der Waals surface area contributed by atoms with Crippen molar-refractivity contribution in [3.8, 4) is 0 Å². The summed E-state index contributed by atoms with van der Waals surface area (Å²) in [6.45, 7) is 5.56. The Kier molecular flexibility index (Phi) is 5.17. The quantitative estimate of drug-likeness (QED) is 0.547. The minimum Gasteiger partial charge on any atom is -0.459 e. The summed E-state index contributed by atoms with van der Waals surface area (Å²) in [6.07, 6.45) is 1.65. The maximum absolute atomic E-state index is 11.0. The second-order valence-corrected chi connectivity index (χ2v) is 4.38. The highest BCUT2D eigenvalue weighted by molar-refractivity contribution is 7.80. The zero-order valence-corrected chi connectivity index (χ0v) is 9.02. The van der Waals surface area contributed by atoms with Gasteiger partial charge in [-0.1, -0.05) is 13.3 Å². The molecule has 0 aromatic heterocycles. The first kappa shape index (κ1) is 12.6. The molecule has 4 nitrogen and oxygen atoms in total. The van der Waals surface area contributed by atoms with E-state index in [4.69, 9.17) is 9.29 Å². The summed E-state index contributed by atoms with van der Waals surface area (Å²) in [6, 6.07) is 0. The molecule has 0 spiro atoms. The summed E-state index contributed by atoms with van der Waals surface area (Å²) < 4.78 is 23.7. The van der Waals surface area contributed by atoms with E-state index < -0.39 is 28.4 Å². The molecule has 78 valence electrons. The van der Waals surface area contributed by atoms with Crippen LogP contribution in [0.5, 0.6) is 0 Å². The van der Waals surface area contributed by atoms with Crippen molar-refractivity contribution in [3.05, 3.63) is 0 Å². The molecule has 0 bridgehead atoms. The predicted molar refractivity (Wildman–Crippen MR) is 50.7 cm³/mol. The number of ether oxygens (including phenoxy) is 1. The Morgan fingerprint density at radius 2 is 2.08 bits per heavy atom. The number of carbonyl (C=O) groups is 1. The van der Waals surface area contributed by atoms with Gasteiger partial charge in [-0.15, -0.1) is 0 Å². The molecule has 0 heterocycles. The van der Waals surface area contributed by atoms with Crippen LogP contribution in [0.1, 0.15) is 33.6 Å². The summed E-state index contributed by atoms with van der Waals surface area (Å²) in [7, 11) is 0. The van der Waals surface area contributed by atoms with Crippen LogP contribution in [0.3, 0.4) is 0 Å². The van der Waals surface area contributed by atoms with Crippen LogP contribution < -0.4 is 0 Å². The Bertz CT molecular complexity index is 200. The number of hydrogen-bond donors (Lipinski definition) is 1. The van der Waals surface area contributed by atoms with E-state index in [0.29, 0.717) is 0 Å². The Labute approximate surface area is 80.9 Å². The van der Waals surface area contributed by atoms with E-state index in [1.807, 2.05) is 6.92 Å². The van der Waals surface area contributed by atoms with Crippen molar-refractivity contribution >= 4 is 17.0 Å². The van der Waals surface area contributed by atoms with E-state index in [9.17, 15) is 9.00 Å². The molecule has 0 saturated carbocycles. The van der Waals surface area contributed by atoms with Crippen molar-refractivity contribution in [2.45, 2.75) is 39.2 Å². The highest BCUT2D eigenvalue weighted by atomic mass is 32.2. The number of hydrogen-bond acceptors (Lipinski definition) is 3. The van der Waals surface area contributed by atoms with Crippen molar-refractivity contribution in [1.82, 2.24) is 0 Å². The highest BCUT2D eigenvalue weighted by Gasteiger charge is 2.22. The van der Waals surface area contributed by atoms with Gasteiger partial charge in [0.05, 0.1) is 0 Å². The molecule has 0 saturated heterocycles. The van der Waals surface area contributed by atoms with Crippen LogP contribution in [0.4, 0.5) is 0 Å². The second-order valence-electron chi connectivity index (χ2n) is 3.45. The largest absolute Gasteiger partial charge is 0.459 e. The molecule has 0 aromatic rings. The Morgan fingerprint density at radius 3 is 2.46 bits per heavy atom.